The van der Waals surface area contributed by atoms with Gasteiger partial charge in [-0.1, -0.05) is 0 Å². The summed E-state index contributed by atoms with van der Waals surface area (Å²) in [5.74, 6) is -0.827. The molecule has 0 spiro atoms. The molecule has 5 amide bonds. The summed E-state index contributed by atoms with van der Waals surface area (Å²) >= 11 is 0. The largest absolute Gasteiger partial charge is 0.444 e. The van der Waals surface area contributed by atoms with Gasteiger partial charge in [0.25, 0.3) is 5.91 Å². The second-order valence-electron chi connectivity index (χ2n) is 11.8. The highest BCUT2D eigenvalue weighted by Crippen LogP contribution is 2.31. The average Bonchev–Trinajstić information content (AvgIpc) is 3.23. The molecule has 4 heterocycles. The van der Waals surface area contributed by atoms with Crippen molar-refractivity contribution in [3.05, 3.63) is 29.3 Å². The zero-order chi connectivity index (χ0) is 27.9. The molecule has 5 rings (SSSR count). The number of benzene rings is 1. The quantitative estimate of drug-likeness (QED) is 0.581. The van der Waals surface area contributed by atoms with Crippen LogP contribution in [-0.2, 0) is 25.7 Å². The highest BCUT2D eigenvalue weighted by molar-refractivity contribution is 6.05. The van der Waals surface area contributed by atoms with Crippen LogP contribution in [0.5, 0.6) is 0 Å². The zero-order valence-electron chi connectivity index (χ0n) is 22.9. The first-order chi connectivity index (χ1) is 18.5. The highest BCUT2D eigenvalue weighted by Gasteiger charge is 2.39. The van der Waals surface area contributed by atoms with Crippen LogP contribution in [0, 0.1) is 5.92 Å². The van der Waals surface area contributed by atoms with Gasteiger partial charge < -0.3 is 24.3 Å². The monoisotopic (exact) mass is 539 g/mol. The van der Waals surface area contributed by atoms with Crippen molar-refractivity contribution in [2.75, 3.05) is 44.2 Å². The maximum Gasteiger partial charge on any atom is 0.410 e. The minimum absolute atomic E-state index is 0.0838. The lowest BCUT2D eigenvalue weighted by molar-refractivity contribution is -0.138. The molecule has 4 aliphatic rings. The fourth-order valence-corrected chi connectivity index (χ4v) is 5.84. The van der Waals surface area contributed by atoms with Gasteiger partial charge in [-0.15, -0.1) is 0 Å². The lowest BCUT2D eigenvalue weighted by Crippen LogP contribution is -2.52. The molecule has 11 heteroatoms. The van der Waals surface area contributed by atoms with Gasteiger partial charge in [-0.25, -0.2) is 4.79 Å². The number of ether oxygens (including phenoxy) is 1. The van der Waals surface area contributed by atoms with Crippen molar-refractivity contribution >= 4 is 35.4 Å². The number of likely N-dealkylation sites (tertiary alicyclic amines) is 1. The molecule has 0 bridgehead atoms. The highest BCUT2D eigenvalue weighted by atomic mass is 16.6. The van der Waals surface area contributed by atoms with Gasteiger partial charge in [0.15, 0.2) is 0 Å². The van der Waals surface area contributed by atoms with Gasteiger partial charge in [-0.05, 0) is 63.8 Å². The molecule has 0 radical (unpaired) electrons. The molecule has 1 N–H and O–H groups in total. The third-order valence-corrected chi connectivity index (χ3v) is 7.96. The number of hydrogen-bond donors (Lipinski definition) is 1. The van der Waals surface area contributed by atoms with Gasteiger partial charge in [0.1, 0.15) is 11.6 Å². The molecule has 1 unspecified atom stereocenters. The second kappa shape index (κ2) is 10.5. The van der Waals surface area contributed by atoms with Crippen LogP contribution in [0.1, 0.15) is 62.4 Å². The predicted octanol–water partition coefficient (Wildman–Crippen LogP) is 1.74. The van der Waals surface area contributed by atoms with Crippen molar-refractivity contribution in [1.82, 2.24) is 20.0 Å². The Bertz CT molecular complexity index is 1180. The molecule has 210 valence electrons. The van der Waals surface area contributed by atoms with E-state index in [1.807, 2.05) is 43.9 Å². The lowest BCUT2D eigenvalue weighted by atomic mass is 9.95. The van der Waals surface area contributed by atoms with E-state index in [9.17, 15) is 24.0 Å². The molecule has 3 fully saturated rings. The van der Waals surface area contributed by atoms with Crippen molar-refractivity contribution in [2.24, 2.45) is 5.92 Å². The van der Waals surface area contributed by atoms with Crippen molar-refractivity contribution in [1.29, 1.82) is 0 Å². The third-order valence-electron chi connectivity index (χ3n) is 7.96. The number of nitrogens with one attached hydrogen (secondary N) is 1. The van der Waals surface area contributed by atoms with Gasteiger partial charge in [0.2, 0.25) is 17.7 Å². The Hall–Kier alpha value is -3.63. The summed E-state index contributed by atoms with van der Waals surface area (Å²) in [6, 6.07) is 5.11. The normalized spacial score (nSPS) is 22.6. The van der Waals surface area contributed by atoms with Crippen molar-refractivity contribution in [3.63, 3.8) is 0 Å². The number of piperidine rings is 2. The summed E-state index contributed by atoms with van der Waals surface area (Å²) in [7, 11) is 0. The van der Waals surface area contributed by atoms with Crippen molar-refractivity contribution in [2.45, 2.75) is 64.6 Å². The number of amides is 5. The molecule has 1 aromatic carbocycles. The molecular formula is C28H37N5O6. The molecule has 0 aliphatic carbocycles. The number of carbonyl (C=O) groups excluding carboxylic acids is 5. The molecule has 39 heavy (non-hydrogen) atoms. The standard InChI is InChI=1S/C28H37N5O6/c1-28(2,3)39-27(38)32-10-8-18(9-11-32)25(36)31-14-12-30(13-15-31)20-4-5-21-19(16-20)17-33(26(21)37)22-6-7-23(34)29-24(22)35/h4-5,16,18,22H,6-15,17H2,1-3H3,(H,29,34,35). The van der Waals surface area contributed by atoms with Gasteiger partial charge in [-0.2, -0.15) is 0 Å². The number of rotatable bonds is 3. The first-order valence-corrected chi connectivity index (χ1v) is 13.8. The zero-order valence-corrected chi connectivity index (χ0v) is 22.9. The van der Waals surface area contributed by atoms with E-state index in [2.05, 4.69) is 10.2 Å². The third kappa shape index (κ3) is 5.72. The van der Waals surface area contributed by atoms with Crippen LogP contribution < -0.4 is 10.2 Å². The summed E-state index contributed by atoms with van der Waals surface area (Å²) < 4.78 is 5.46. The van der Waals surface area contributed by atoms with E-state index in [4.69, 9.17) is 4.74 Å². The van der Waals surface area contributed by atoms with E-state index in [1.165, 1.54) is 0 Å². The minimum Gasteiger partial charge on any atom is -0.444 e. The summed E-state index contributed by atoms with van der Waals surface area (Å²) in [6.07, 6.45) is 1.53. The van der Waals surface area contributed by atoms with Gasteiger partial charge in [0.05, 0.1) is 0 Å². The van der Waals surface area contributed by atoms with Crippen LogP contribution in [0.2, 0.25) is 0 Å². The summed E-state index contributed by atoms with van der Waals surface area (Å²) in [5.41, 5.74) is 1.92. The molecule has 0 aromatic heterocycles. The van der Waals surface area contributed by atoms with Crippen molar-refractivity contribution < 1.29 is 28.7 Å². The topological polar surface area (TPSA) is 120 Å². The Morgan fingerprint density at radius 1 is 0.923 bits per heavy atom. The Morgan fingerprint density at radius 3 is 2.26 bits per heavy atom. The minimum atomic E-state index is -0.628. The lowest BCUT2D eigenvalue weighted by Gasteiger charge is -2.39. The molecule has 11 nitrogen and oxygen atoms in total. The van der Waals surface area contributed by atoms with E-state index in [1.54, 1.807) is 9.80 Å². The van der Waals surface area contributed by atoms with E-state index in [0.29, 0.717) is 70.6 Å². The molecule has 1 aromatic rings. The Kier molecular flexibility index (Phi) is 7.26. The number of nitrogens with zero attached hydrogens (tertiary/aromatic N) is 4. The Balaban J connectivity index is 1.13. The maximum absolute atomic E-state index is 13.2. The van der Waals surface area contributed by atoms with Crippen molar-refractivity contribution in [3.8, 4) is 0 Å². The Morgan fingerprint density at radius 2 is 1.62 bits per heavy atom. The first kappa shape index (κ1) is 27.0. The number of piperazine rings is 1. The van der Waals surface area contributed by atoms with Crippen LogP contribution in [0.4, 0.5) is 10.5 Å². The van der Waals surface area contributed by atoms with Crippen LogP contribution in [-0.4, -0.2) is 95.3 Å². The summed E-state index contributed by atoms with van der Waals surface area (Å²) in [4.78, 5) is 69.7. The number of anilines is 1. The van der Waals surface area contributed by atoms with Crippen LogP contribution in [0.3, 0.4) is 0 Å². The number of hydrogen-bond acceptors (Lipinski definition) is 7. The molecule has 0 saturated carbocycles. The molecule has 3 saturated heterocycles. The fraction of sp³-hybridized carbons (Fsp3) is 0.607. The molecule has 1 atom stereocenters. The Labute approximate surface area is 228 Å². The van der Waals surface area contributed by atoms with Gasteiger partial charge in [-0.3, -0.25) is 24.5 Å². The summed E-state index contributed by atoms with van der Waals surface area (Å²) in [6.45, 7) is 9.53. The first-order valence-electron chi connectivity index (χ1n) is 13.8. The second-order valence-corrected chi connectivity index (χ2v) is 11.8. The number of carbonyl (C=O) groups is 5. The van der Waals surface area contributed by atoms with E-state index in [0.717, 1.165) is 11.3 Å². The SMILES string of the molecule is CC(C)(C)OC(=O)N1CCC(C(=O)N2CCN(c3ccc4c(c3)CN(C3CCC(=O)NC3=O)C4=O)CC2)CC1. The summed E-state index contributed by atoms with van der Waals surface area (Å²) in [5, 5.41) is 2.33. The predicted molar refractivity (Wildman–Crippen MR) is 142 cm³/mol. The van der Waals surface area contributed by atoms with Gasteiger partial charge >= 0.3 is 6.09 Å². The van der Waals surface area contributed by atoms with E-state index < -0.39 is 17.6 Å². The van der Waals surface area contributed by atoms with Crippen LogP contribution in [0.25, 0.3) is 0 Å². The number of fused-ring (bicyclic) bond motifs is 1. The maximum atomic E-state index is 13.2. The van der Waals surface area contributed by atoms with E-state index >= 15 is 0 Å². The molecule has 4 aliphatic heterocycles. The van der Waals surface area contributed by atoms with Crippen LogP contribution >= 0.6 is 0 Å². The van der Waals surface area contributed by atoms with Crippen LogP contribution in [0.15, 0.2) is 18.2 Å². The fourth-order valence-electron chi connectivity index (χ4n) is 5.84. The molecular weight excluding hydrogens is 502 g/mol. The van der Waals surface area contributed by atoms with E-state index in [-0.39, 0.29) is 36.2 Å². The number of imide groups is 1. The van der Waals surface area contributed by atoms with Gasteiger partial charge in [0, 0.05) is 69.4 Å². The smallest absolute Gasteiger partial charge is 0.410 e. The average molecular weight is 540 g/mol.